The number of hydrogen-bond acceptors (Lipinski definition) is 3. The van der Waals surface area contributed by atoms with E-state index in [1.165, 1.54) is 24.9 Å². The molecule has 4 nitrogen and oxygen atoms in total. The molecule has 0 aliphatic carbocycles. The molecule has 1 saturated heterocycles. The van der Waals surface area contributed by atoms with Gasteiger partial charge in [-0.25, -0.2) is 4.68 Å². The fourth-order valence-corrected chi connectivity index (χ4v) is 2.43. The standard InChI is InChI=1S/C12H16N4/c1-15-10-6-5-7-11(12(10)13-14-15)16-8-3-2-4-9-16/h5-7H,2-4,8-9H2,1H3. The van der Waals surface area contributed by atoms with Gasteiger partial charge in [0.1, 0.15) is 5.52 Å². The fourth-order valence-electron chi connectivity index (χ4n) is 2.43. The van der Waals surface area contributed by atoms with Crippen molar-refractivity contribution in [2.75, 3.05) is 18.0 Å². The Morgan fingerprint density at radius 2 is 1.94 bits per heavy atom. The molecule has 3 rings (SSSR count). The van der Waals surface area contributed by atoms with Crippen LogP contribution in [0.2, 0.25) is 0 Å². The minimum Gasteiger partial charge on any atom is -0.370 e. The highest BCUT2D eigenvalue weighted by atomic mass is 15.4. The summed E-state index contributed by atoms with van der Waals surface area (Å²) < 4.78 is 1.84. The van der Waals surface area contributed by atoms with Gasteiger partial charge in [0, 0.05) is 20.1 Å². The van der Waals surface area contributed by atoms with E-state index in [2.05, 4.69) is 33.4 Å². The van der Waals surface area contributed by atoms with Gasteiger partial charge >= 0.3 is 0 Å². The molecule has 1 fully saturated rings. The Labute approximate surface area is 94.9 Å². The predicted molar refractivity (Wildman–Crippen MR) is 64.6 cm³/mol. The largest absolute Gasteiger partial charge is 0.370 e. The molecule has 0 spiro atoms. The smallest absolute Gasteiger partial charge is 0.136 e. The van der Waals surface area contributed by atoms with Gasteiger partial charge in [-0.05, 0) is 31.4 Å². The van der Waals surface area contributed by atoms with Gasteiger partial charge in [0.15, 0.2) is 0 Å². The molecule has 0 atom stereocenters. The molecule has 16 heavy (non-hydrogen) atoms. The zero-order chi connectivity index (χ0) is 11.0. The van der Waals surface area contributed by atoms with Crippen molar-refractivity contribution in [2.45, 2.75) is 19.3 Å². The van der Waals surface area contributed by atoms with Crippen molar-refractivity contribution in [2.24, 2.45) is 7.05 Å². The first-order valence-electron chi connectivity index (χ1n) is 5.89. The zero-order valence-corrected chi connectivity index (χ0v) is 9.56. The van der Waals surface area contributed by atoms with Gasteiger partial charge < -0.3 is 4.90 Å². The first kappa shape index (κ1) is 9.63. The first-order chi connectivity index (χ1) is 7.86. The van der Waals surface area contributed by atoms with Crippen molar-refractivity contribution in [3.8, 4) is 0 Å². The zero-order valence-electron chi connectivity index (χ0n) is 9.56. The molecule has 84 valence electrons. The molecule has 4 heteroatoms. The molecule has 0 radical (unpaired) electrons. The van der Waals surface area contributed by atoms with Crippen LogP contribution in [0.25, 0.3) is 11.0 Å². The highest BCUT2D eigenvalue weighted by Crippen LogP contribution is 2.26. The van der Waals surface area contributed by atoms with Crippen LogP contribution in [0.4, 0.5) is 5.69 Å². The van der Waals surface area contributed by atoms with Crippen LogP contribution >= 0.6 is 0 Å². The summed E-state index contributed by atoms with van der Waals surface area (Å²) in [5.74, 6) is 0. The van der Waals surface area contributed by atoms with Gasteiger partial charge in [0.2, 0.25) is 0 Å². The van der Waals surface area contributed by atoms with Crippen molar-refractivity contribution < 1.29 is 0 Å². The van der Waals surface area contributed by atoms with Crippen LogP contribution in [-0.4, -0.2) is 28.1 Å². The van der Waals surface area contributed by atoms with Gasteiger partial charge in [0.05, 0.1) is 11.2 Å². The second kappa shape index (κ2) is 3.77. The number of rotatable bonds is 1. The number of hydrogen-bond donors (Lipinski definition) is 0. The summed E-state index contributed by atoms with van der Waals surface area (Å²) in [6.45, 7) is 2.30. The maximum atomic E-state index is 4.26. The molecule has 0 saturated carbocycles. The third kappa shape index (κ3) is 1.45. The van der Waals surface area contributed by atoms with Crippen LogP contribution in [0, 0.1) is 0 Å². The molecule has 1 aromatic heterocycles. The molecule has 0 amide bonds. The lowest BCUT2D eigenvalue weighted by atomic mass is 10.1. The maximum Gasteiger partial charge on any atom is 0.136 e. The minimum atomic E-state index is 1.03. The van der Waals surface area contributed by atoms with Gasteiger partial charge in [-0.15, -0.1) is 5.10 Å². The SMILES string of the molecule is Cn1nnc2c(N3CCCCC3)cccc21. The van der Waals surface area contributed by atoms with E-state index in [0.29, 0.717) is 0 Å². The number of benzene rings is 1. The molecule has 0 unspecified atom stereocenters. The number of nitrogens with zero attached hydrogens (tertiary/aromatic N) is 4. The Bertz CT molecular complexity index is 497. The van der Waals surface area contributed by atoms with Crippen LogP contribution in [0.1, 0.15) is 19.3 Å². The number of anilines is 1. The summed E-state index contributed by atoms with van der Waals surface area (Å²) in [6, 6.07) is 6.32. The van der Waals surface area contributed by atoms with Crippen molar-refractivity contribution in [1.29, 1.82) is 0 Å². The number of aryl methyl sites for hydroxylation is 1. The number of piperidine rings is 1. The molecule has 1 aliphatic rings. The van der Waals surface area contributed by atoms with Crippen LogP contribution in [-0.2, 0) is 7.05 Å². The van der Waals surface area contributed by atoms with E-state index in [1.54, 1.807) is 0 Å². The van der Waals surface area contributed by atoms with Crippen LogP contribution in [0.3, 0.4) is 0 Å². The Morgan fingerprint density at radius 1 is 1.12 bits per heavy atom. The van der Waals surface area contributed by atoms with E-state index < -0.39 is 0 Å². The molecule has 2 heterocycles. The summed E-state index contributed by atoms with van der Waals surface area (Å²) in [6.07, 6.45) is 3.93. The van der Waals surface area contributed by atoms with Crippen LogP contribution < -0.4 is 4.90 Å². The molecule has 0 bridgehead atoms. The summed E-state index contributed by atoms with van der Waals surface area (Å²) in [5, 5.41) is 8.36. The predicted octanol–water partition coefficient (Wildman–Crippen LogP) is 1.96. The highest BCUT2D eigenvalue weighted by Gasteiger charge is 2.15. The third-order valence-electron chi connectivity index (χ3n) is 3.32. The van der Waals surface area contributed by atoms with Crippen molar-refractivity contribution in [1.82, 2.24) is 15.0 Å². The Morgan fingerprint density at radius 3 is 2.75 bits per heavy atom. The lowest BCUT2D eigenvalue weighted by molar-refractivity contribution is 0.578. The second-order valence-corrected chi connectivity index (χ2v) is 4.41. The molecule has 1 aliphatic heterocycles. The number of aromatic nitrogens is 3. The monoisotopic (exact) mass is 216 g/mol. The van der Waals surface area contributed by atoms with Crippen LogP contribution in [0.5, 0.6) is 0 Å². The third-order valence-corrected chi connectivity index (χ3v) is 3.32. The Balaban J connectivity index is 2.08. The lowest BCUT2D eigenvalue weighted by Gasteiger charge is -2.28. The lowest BCUT2D eigenvalue weighted by Crippen LogP contribution is -2.29. The van der Waals surface area contributed by atoms with Gasteiger partial charge in [-0.1, -0.05) is 11.3 Å². The second-order valence-electron chi connectivity index (χ2n) is 4.41. The number of fused-ring (bicyclic) bond motifs is 1. The quantitative estimate of drug-likeness (QED) is 0.730. The van der Waals surface area contributed by atoms with E-state index >= 15 is 0 Å². The summed E-state index contributed by atoms with van der Waals surface area (Å²) in [7, 11) is 1.94. The van der Waals surface area contributed by atoms with E-state index in [4.69, 9.17) is 0 Å². The molecular formula is C12H16N4. The van der Waals surface area contributed by atoms with E-state index in [0.717, 1.165) is 24.1 Å². The fraction of sp³-hybridized carbons (Fsp3) is 0.500. The average Bonchev–Trinajstić information content (AvgIpc) is 2.73. The Kier molecular flexibility index (Phi) is 2.27. The van der Waals surface area contributed by atoms with E-state index in [1.807, 2.05) is 11.7 Å². The van der Waals surface area contributed by atoms with Crippen molar-refractivity contribution >= 4 is 16.7 Å². The summed E-state index contributed by atoms with van der Waals surface area (Å²) in [4.78, 5) is 2.43. The van der Waals surface area contributed by atoms with Gasteiger partial charge in [-0.3, -0.25) is 0 Å². The normalized spacial score (nSPS) is 16.9. The van der Waals surface area contributed by atoms with E-state index in [-0.39, 0.29) is 0 Å². The average molecular weight is 216 g/mol. The molecular weight excluding hydrogens is 200 g/mol. The van der Waals surface area contributed by atoms with Gasteiger partial charge in [0.25, 0.3) is 0 Å². The van der Waals surface area contributed by atoms with Gasteiger partial charge in [-0.2, -0.15) is 0 Å². The highest BCUT2D eigenvalue weighted by molar-refractivity contribution is 5.88. The molecule has 0 N–H and O–H groups in total. The van der Waals surface area contributed by atoms with E-state index in [9.17, 15) is 0 Å². The molecule has 1 aromatic carbocycles. The first-order valence-corrected chi connectivity index (χ1v) is 5.89. The topological polar surface area (TPSA) is 34.0 Å². The van der Waals surface area contributed by atoms with Crippen molar-refractivity contribution in [3.05, 3.63) is 18.2 Å². The summed E-state index contributed by atoms with van der Waals surface area (Å²) >= 11 is 0. The maximum absolute atomic E-state index is 4.26. The Hall–Kier alpha value is -1.58. The van der Waals surface area contributed by atoms with Crippen molar-refractivity contribution in [3.63, 3.8) is 0 Å². The summed E-state index contributed by atoms with van der Waals surface area (Å²) in [5.41, 5.74) is 3.39. The minimum absolute atomic E-state index is 1.03. The van der Waals surface area contributed by atoms with Crippen LogP contribution in [0.15, 0.2) is 18.2 Å². The molecule has 2 aromatic rings.